The van der Waals surface area contributed by atoms with Gasteiger partial charge in [0.25, 0.3) is 5.91 Å². The van der Waals surface area contributed by atoms with Gasteiger partial charge < -0.3 is 4.74 Å². The molecule has 1 atom stereocenters. The van der Waals surface area contributed by atoms with Crippen LogP contribution in [0.4, 0.5) is 0 Å². The molecular weight excluding hydrogens is 351 g/mol. The van der Waals surface area contributed by atoms with E-state index in [2.05, 4.69) is 10.9 Å². The maximum Gasteiger partial charge on any atom is 0.279 e. The summed E-state index contributed by atoms with van der Waals surface area (Å²) in [7, 11) is 0. The number of amides is 2. The average Bonchev–Trinajstić information content (AvgIpc) is 2.54. The molecule has 0 aliphatic carbocycles. The lowest BCUT2D eigenvalue weighted by Gasteiger charge is -2.15. The van der Waals surface area contributed by atoms with Gasteiger partial charge in [0.15, 0.2) is 6.10 Å². The van der Waals surface area contributed by atoms with Crippen molar-refractivity contribution in [2.24, 2.45) is 0 Å². The van der Waals surface area contributed by atoms with Gasteiger partial charge in [0.2, 0.25) is 5.91 Å². The van der Waals surface area contributed by atoms with Crippen molar-refractivity contribution in [3.8, 4) is 5.75 Å². The van der Waals surface area contributed by atoms with Crippen molar-refractivity contribution in [1.82, 2.24) is 10.9 Å². The van der Waals surface area contributed by atoms with E-state index in [-0.39, 0.29) is 12.3 Å². The van der Waals surface area contributed by atoms with E-state index in [1.54, 1.807) is 55.5 Å². The number of nitrogens with one attached hydrogen (secondary N) is 2. The summed E-state index contributed by atoms with van der Waals surface area (Å²) >= 11 is 11.6. The topological polar surface area (TPSA) is 67.4 Å². The van der Waals surface area contributed by atoms with Crippen molar-refractivity contribution >= 4 is 35.0 Å². The van der Waals surface area contributed by atoms with Gasteiger partial charge in [0, 0.05) is 10.0 Å². The van der Waals surface area contributed by atoms with Crippen LogP contribution in [0.3, 0.4) is 0 Å². The Labute approximate surface area is 149 Å². The molecule has 7 heteroatoms. The van der Waals surface area contributed by atoms with Crippen LogP contribution in [0.25, 0.3) is 0 Å². The fourth-order valence-electron chi connectivity index (χ4n) is 1.86. The monoisotopic (exact) mass is 366 g/mol. The first-order chi connectivity index (χ1) is 11.4. The largest absolute Gasteiger partial charge is 0.481 e. The van der Waals surface area contributed by atoms with Crippen molar-refractivity contribution in [2.45, 2.75) is 19.4 Å². The molecular formula is C17H16Cl2N2O3. The fourth-order valence-corrected chi connectivity index (χ4v) is 2.17. The van der Waals surface area contributed by atoms with Crippen LogP contribution in [0.15, 0.2) is 48.5 Å². The van der Waals surface area contributed by atoms with Crippen LogP contribution in [0.5, 0.6) is 5.75 Å². The Kier molecular flexibility index (Phi) is 6.46. The molecule has 126 valence electrons. The van der Waals surface area contributed by atoms with Crippen LogP contribution >= 0.6 is 23.2 Å². The Balaban J connectivity index is 1.79. The highest BCUT2D eigenvalue weighted by Gasteiger charge is 2.15. The van der Waals surface area contributed by atoms with E-state index in [0.29, 0.717) is 15.8 Å². The summed E-state index contributed by atoms with van der Waals surface area (Å²) in [6.45, 7) is 1.57. The molecule has 2 aromatic rings. The second-order valence-electron chi connectivity index (χ2n) is 5.06. The fraction of sp³-hybridized carbons (Fsp3) is 0.176. The van der Waals surface area contributed by atoms with Gasteiger partial charge in [-0.2, -0.15) is 0 Å². The Morgan fingerprint density at radius 3 is 2.42 bits per heavy atom. The van der Waals surface area contributed by atoms with Gasteiger partial charge in [-0.1, -0.05) is 41.4 Å². The molecule has 0 fully saturated rings. The van der Waals surface area contributed by atoms with Gasteiger partial charge in [-0.25, -0.2) is 0 Å². The number of benzene rings is 2. The molecule has 0 heterocycles. The van der Waals surface area contributed by atoms with E-state index in [0.717, 1.165) is 5.56 Å². The summed E-state index contributed by atoms with van der Waals surface area (Å²) in [5, 5.41) is 1.11. The van der Waals surface area contributed by atoms with Gasteiger partial charge in [-0.3, -0.25) is 20.4 Å². The number of hydrogen-bond acceptors (Lipinski definition) is 3. The van der Waals surface area contributed by atoms with Crippen LogP contribution in [-0.2, 0) is 16.0 Å². The second-order valence-corrected chi connectivity index (χ2v) is 5.93. The standard InChI is InChI=1S/C17H16Cl2N2O3/c1-11(24-15-4-2-3-14(19)10-15)17(23)21-20-16(22)9-12-5-7-13(18)8-6-12/h2-8,10-11H,9H2,1H3,(H,20,22)(H,21,23). The van der Waals surface area contributed by atoms with Crippen molar-refractivity contribution in [1.29, 1.82) is 0 Å². The third-order valence-electron chi connectivity index (χ3n) is 3.08. The Bertz CT molecular complexity index is 720. The van der Waals surface area contributed by atoms with Crippen molar-refractivity contribution in [3.63, 3.8) is 0 Å². The molecule has 0 spiro atoms. The van der Waals surface area contributed by atoms with Crippen LogP contribution < -0.4 is 15.6 Å². The van der Waals surface area contributed by atoms with E-state index in [9.17, 15) is 9.59 Å². The quantitative estimate of drug-likeness (QED) is 0.798. The smallest absolute Gasteiger partial charge is 0.279 e. The average molecular weight is 367 g/mol. The second kappa shape index (κ2) is 8.57. The van der Waals surface area contributed by atoms with E-state index in [1.807, 2.05) is 0 Å². The zero-order chi connectivity index (χ0) is 17.5. The minimum Gasteiger partial charge on any atom is -0.481 e. The summed E-state index contributed by atoms with van der Waals surface area (Å²) in [6, 6.07) is 13.6. The van der Waals surface area contributed by atoms with Crippen molar-refractivity contribution in [3.05, 3.63) is 64.1 Å². The molecule has 0 bridgehead atoms. The molecule has 5 nitrogen and oxygen atoms in total. The Morgan fingerprint density at radius 2 is 1.75 bits per heavy atom. The van der Waals surface area contributed by atoms with Gasteiger partial charge in [-0.15, -0.1) is 0 Å². The SMILES string of the molecule is CC(Oc1cccc(Cl)c1)C(=O)NNC(=O)Cc1ccc(Cl)cc1. The van der Waals surface area contributed by atoms with Crippen LogP contribution in [0, 0.1) is 0 Å². The summed E-state index contributed by atoms with van der Waals surface area (Å²) in [5.41, 5.74) is 5.46. The molecule has 0 aliphatic heterocycles. The molecule has 0 radical (unpaired) electrons. The lowest BCUT2D eigenvalue weighted by Crippen LogP contribution is -2.47. The lowest BCUT2D eigenvalue weighted by molar-refractivity contribution is -0.132. The first kappa shape index (κ1) is 18.1. The molecule has 2 N–H and O–H groups in total. The normalized spacial score (nSPS) is 11.5. The third-order valence-corrected chi connectivity index (χ3v) is 3.57. The third kappa shape index (κ3) is 5.76. The molecule has 1 unspecified atom stereocenters. The molecule has 0 aromatic heterocycles. The highest BCUT2D eigenvalue weighted by atomic mass is 35.5. The summed E-state index contributed by atoms with van der Waals surface area (Å²) in [5.74, 6) is -0.349. The molecule has 2 amide bonds. The molecule has 2 rings (SSSR count). The van der Waals surface area contributed by atoms with E-state index in [4.69, 9.17) is 27.9 Å². The number of carbonyl (C=O) groups is 2. The van der Waals surface area contributed by atoms with Crippen LogP contribution in [-0.4, -0.2) is 17.9 Å². The van der Waals surface area contributed by atoms with Crippen molar-refractivity contribution < 1.29 is 14.3 Å². The van der Waals surface area contributed by atoms with Gasteiger partial charge in [-0.05, 0) is 42.8 Å². The molecule has 0 saturated carbocycles. The van der Waals surface area contributed by atoms with Crippen LogP contribution in [0.2, 0.25) is 10.0 Å². The van der Waals surface area contributed by atoms with E-state index < -0.39 is 12.0 Å². The first-order valence-corrected chi connectivity index (χ1v) is 7.95. The molecule has 24 heavy (non-hydrogen) atoms. The lowest BCUT2D eigenvalue weighted by atomic mass is 10.1. The number of carbonyl (C=O) groups excluding carboxylic acids is 2. The minimum atomic E-state index is -0.792. The highest BCUT2D eigenvalue weighted by molar-refractivity contribution is 6.30. The number of rotatable bonds is 5. The predicted molar refractivity (Wildman–Crippen MR) is 93.0 cm³/mol. The van der Waals surface area contributed by atoms with Gasteiger partial charge in [0.05, 0.1) is 6.42 Å². The maximum absolute atomic E-state index is 11.9. The summed E-state index contributed by atoms with van der Waals surface area (Å²) in [4.78, 5) is 23.7. The summed E-state index contributed by atoms with van der Waals surface area (Å²) in [6.07, 6.45) is -0.666. The first-order valence-electron chi connectivity index (χ1n) is 7.19. The van der Waals surface area contributed by atoms with Crippen LogP contribution in [0.1, 0.15) is 12.5 Å². The summed E-state index contributed by atoms with van der Waals surface area (Å²) < 4.78 is 5.46. The zero-order valence-corrected chi connectivity index (χ0v) is 14.4. The van der Waals surface area contributed by atoms with Crippen molar-refractivity contribution in [2.75, 3.05) is 0 Å². The van der Waals surface area contributed by atoms with E-state index >= 15 is 0 Å². The number of halogens is 2. The Morgan fingerprint density at radius 1 is 1.04 bits per heavy atom. The zero-order valence-electron chi connectivity index (χ0n) is 12.9. The molecule has 2 aromatic carbocycles. The molecule has 0 aliphatic rings. The minimum absolute atomic E-state index is 0.126. The van der Waals surface area contributed by atoms with E-state index in [1.165, 1.54) is 0 Å². The molecule has 0 saturated heterocycles. The predicted octanol–water partition coefficient (Wildman–Crippen LogP) is 3.15. The number of hydrogen-bond donors (Lipinski definition) is 2. The van der Waals surface area contributed by atoms with Gasteiger partial charge in [0.1, 0.15) is 5.75 Å². The number of hydrazine groups is 1. The number of ether oxygens (including phenoxy) is 1. The van der Waals surface area contributed by atoms with Gasteiger partial charge >= 0.3 is 0 Å². The highest BCUT2D eigenvalue weighted by Crippen LogP contribution is 2.18. The maximum atomic E-state index is 11.9. The Hall–Kier alpha value is -2.24.